The second kappa shape index (κ2) is 2.96. The van der Waals surface area contributed by atoms with Crippen LogP contribution < -0.4 is 0 Å². The lowest BCUT2D eigenvalue weighted by atomic mass is 9.98. The zero-order valence-corrected chi connectivity index (χ0v) is 7.91. The third-order valence-corrected chi connectivity index (χ3v) is 2.82. The molecule has 0 N–H and O–H groups in total. The SMILES string of the molecule is COC(=O)C1OC1(C)C1CCCO1. The van der Waals surface area contributed by atoms with Crippen LogP contribution in [0.3, 0.4) is 0 Å². The Kier molecular flexibility index (Phi) is 2.04. The van der Waals surface area contributed by atoms with Gasteiger partial charge in [0.05, 0.1) is 13.2 Å². The molecule has 4 heteroatoms. The number of rotatable bonds is 2. The van der Waals surface area contributed by atoms with Crippen molar-refractivity contribution in [2.24, 2.45) is 0 Å². The second-order valence-electron chi connectivity index (χ2n) is 3.71. The zero-order chi connectivity index (χ0) is 9.47. The van der Waals surface area contributed by atoms with Crippen LogP contribution in [0.5, 0.6) is 0 Å². The van der Waals surface area contributed by atoms with Gasteiger partial charge in [0.2, 0.25) is 0 Å². The van der Waals surface area contributed by atoms with E-state index < -0.39 is 11.7 Å². The molecule has 13 heavy (non-hydrogen) atoms. The van der Waals surface area contributed by atoms with Gasteiger partial charge in [-0.25, -0.2) is 4.79 Å². The molecule has 0 radical (unpaired) electrons. The molecule has 2 aliphatic heterocycles. The van der Waals surface area contributed by atoms with Gasteiger partial charge in [0.1, 0.15) is 5.60 Å². The van der Waals surface area contributed by atoms with Gasteiger partial charge in [-0.2, -0.15) is 0 Å². The lowest BCUT2D eigenvalue weighted by Gasteiger charge is -2.13. The van der Waals surface area contributed by atoms with Gasteiger partial charge in [-0.1, -0.05) is 0 Å². The first-order valence-electron chi connectivity index (χ1n) is 4.55. The van der Waals surface area contributed by atoms with Crippen molar-refractivity contribution >= 4 is 5.97 Å². The van der Waals surface area contributed by atoms with Crippen LogP contribution in [-0.2, 0) is 19.0 Å². The fourth-order valence-electron chi connectivity index (χ4n) is 1.88. The van der Waals surface area contributed by atoms with Gasteiger partial charge in [-0.15, -0.1) is 0 Å². The van der Waals surface area contributed by atoms with Crippen LogP contribution in [0, 0.1) is 0 Å². The average Bonchev–Trinajstić information content (AvgIpc) is 2.64. The monoisotopic (exact) mass is 186 g/mol. The van der Waals surface area contributed by atoms with Crippen molar-refractivity contribution in [1.29, 1.82) is 0 Å². The smallest absolute Gasteiger partial charge is 0.338 e. The highest BCUT2D eigenvalue weighted by molar-refractivity contribution is 5.79. The predicted octanol–water partition coefficient (Wildman–Crippen LogP) is 0.496. The van der Waals surface area contributed by atoms with Gasteiger partial charge in [0.25, 0.3) is 0 Å². The van der Waals surface area contributed by atoms with E-state index in [1.807, 2.05) is 6.92 Å². The molecular formula is C9H14O4. The van der Waals surface area contributed by atoms with Crippen LogP contribution in [0.1, 0.15) is 19.8 Å². The molecule has 2 heterocycles. The molecule has 74 valence electrons. The minimum atomic E-state index is -0.427. The summed E-state index contributed by atoms with van der Waals surface area (Å²) in [5.41, 5.74) is -0.427. The van der Waals surface area contributed by atoms with Crippen LogP contribution in [-0.4, -0.2) is 37.5 Å². The molecule has 2 fully saturated rings. The van der Waals surface area contributed by atoms with E-state index in [1.165, 1.54) is 7.11 Å². The van der Waals surface area contributed by atoms with Gasteiger partial charge >= 0.3 is 5.97 Å². The quantitative estimate of drug-likeness (QED) is 0.465. The summed E-state index contributed by atoms with van der Waals surface area (Å²) < 4.78 is 15.4. The molecule has 0 amide bonds. The highest BCUT2D eigenvalue weighted by Crippen LogP contribution is 2.44. The van der Waals surface area contributed by atoms with Crippen molar-refractivity contribution in [1.82, 2.24) is 0 Å². The Morgan fingerprint density at radius 2 is 2.38 bits per heavy atom. The van der Waals surface area contributed by atoms with Gasteiger partial charge in [-0.05, 0) is 19.8 Å². The third-order valence-electron chi connectivity index (χ3n) is 2.82. The summed E-state index contributed by atoms with van der Waals surface area (Å²) in [5.74, 6) is -0.294. The number of carbonyl (C=O) groups is 1. The molecule has 4 nitrogen and oxygen atoms in total. The molecule has 3 unspecified atom stereocenters. The first-order chi connectivity index (χ1) is 6.18. The molecule has 0 aliphatic carbocycles. The normalized spacial score (nSPS) is 43.2. The Hall–Kier alpha value is -0.610. The Bertz CT molecular complexity index is 222. The maximum atomic E-state index is 11.1. The Balaban J connectivity index is 1.97. The highest BCUT2D eigenvalue weighted by Gasteiger charge is 2.63. The minimum absolute atomic E-state index is 0.0663. The first-order valence-corrected chi connectivity index (χ1v) is 4.55. The summed E-state index contributed by atoms with van der Waals surface area (Å²) in [4.78, 5) is 11.1. The molecule has 3 atom stereocenters. The minimum Gasteiger partial charge on any atom is -0.467 e. The number of esters is 1. The zero-order valence-electron chi connectivity index (χ0n) is 7.91. The number of methoxy groups -OCH3 is 1. The Morgan fingerprint density at radius 1 is 1.62 bits per heavy atom. The maximum Gasteiger partial charge on any atom is 0.338 e. The van der Waals surface area contributed by atoms with Crippen LogP contribution in [0.15, 0.2) is 0 Å². The predicted molar refractivity (Wildman–Crippen MR) is 44.3 cm³/mol. The summed E-state index contributed by atoms with van der Waals surface area (Å²) in [6.45, 7) is 2.68. The van der Waals surface area contributed by atoms with Crippen LogP contribution in [0.4, 0.5) is 0 Å². The fraction of sp³-hybridized carbons (Fsp3) is 0.889. The van der Waals surface area contributed by atoms with E-state index in [4.69, 9.17) is 9.47 Å². The largest absolute Gasteiger partial charge is 0.467 e. The molecule has 2 aliphatic rings. The molecule has 0 bridgehead atoms. The standard InChI is InChI=1S/C9H14O4/c1-9(6-4-3-5-12-6)7(13-9)8(10)11-2/h6-7H,3-5H2,1-2H3. The van der Waals surface area contributed by atoms with E-state index in [-0.39, 0.29) is 12.1 Å². The number of carbonyl (C=O) groups excluding carboxylic acids is 1. The maximum absolute atomic E-state index is 11.1. The lowest BCUT2D eigenvalue weighted by molar-refractivity contribution is -0.142. The number of ether oxygens (including phenoxy) is 3. The van der Waals surface area contributed by atoms with Gasteiger partial charge in [-0.3, -0.25) is 0 Å². The molecule has 2 rings (SSSR count). The van der Waals surface area contributed by atoms with E-state index in [1.54, 1.807) is 0 Å². The fourth-order valence-corrected chi connectivity index (χ4v) is 1.88. The average molecular weight is 186 g/mol. The Morgan fingerprint density at radius 3 is 2.92 bits per heavy atom. The van der Waals surface area contributed by atoms with Crippen LogP contribution >= 0.6 is 0 Å². The second-order valence-corrected chi connectivity index (χ2v) is 3.71. The van der Waals surface area contributed by atoms with Crippen molar-refractivity contribution in [3.05, 3.63) is 0 Å². The van der Waals surface area contributed by atoms with Crippen LogP contribution in [0.25, 0.3) is 0 Å². The molecule has 0 saturated carbocycles. The van der Waals surface area contributed by atoms with E-state index in [0.717, 1.165) is 19.4 Å². The molecule has 2 saturated heterocycles. The molecule has 0 aromatic rings. The topological polar surface area (TPSA) is 48.1 Å². The molecular weight excluding hydrogens is 172 g/mol. The Labute approximate surface area is 77.1 Å². The third kappa shape index (κ3) is 1.34. The number of hydrogen-bond acceptors (Lipinski definition) is 4. The van der Waals surface area contributed by atoms with E-state index in [2.05, 4.69) is 4.74 Å². The summed E-state index contributed by atoms with van der Waals surface area (Å²) in [5, 5.41) is 0. The van der Waals surface area contributed by atoms with E-state index in [9.17, 15) is 4.79 Å². The summed E-state index contributed by atoms with van der Waals surface area (Å²) in [6, 6.07) is 0. The summed E-state index contributed by atoms with van der Waals surface area (Å²) in [7, 11) is 1.37. The van der Waals surface area contributed by atoms with Crippen molar-refractivity contribution < 1.29 is 19.0 Å². The van der Waals surface area contributed by atoms with Crippen molar-refractivity contribution in [2.75, 3.05) is 13.7 Å². The molecule has 0 spiro atoms. The van der Waals surface area contributed by atoms with E-state index in [0.29, 0.717) is 0 Å². The molecule has 0 aromatic carbocycles. The first kappa shape index (κ1) is 8.97. The van der Waals surface area contributed by atoms with Crippen LogP contribution in [0.2, 0.25) is 0 Å². The lowest BCUT2D eigenvalue weighted by Crippen LogP contribution is -2.31. The molecule has 0 aromatic heterocycles. The number of epoxide rings is 1. The van der Waals surface area contributed by atoms with Crippen molar-refractivity contribution in [3.63, 3.8) is 0 Å². The van der Waals surface area contributed by atoms with E-state index >= 15 is 0 Å². The summed E-state index contributed by atoms with van der Waals surface area (Å²) >= 11 is 0. The van der Waals surface area contributed by atoms with Gasteiger partial charge in [0, 0.05) is 6.61 Å². The number of hydrogen-bond donors (Lipinski definition) is 0. The van der Waals surface area contributed by atoms with Crippen molar-refractivity contribution in [2.45, 2.75) is 37.6 Å². The summed E-state index contributed by atoms with van der Waals surface area (Å²) in [6.07, 6.45) is 1.68. The van der Waals surface area contributed by atoms with Gasteiger partial charge in [0.15, 0.2) is 6.10 Å². The highest BCUT2D eigenvalue weighted by atomic mass is 16.7. The van der Waals surface area contributed by atoms with Crippen molar-refractivity contribution in [3.8, 4) is 0 Å². The van der Waals surface area contributed by atoms with Gasteiger partial charge < -0.3 is 14.2 Å².